The Morgan fingerprint density at radius 1 is 1.33 bits per heavy atom. The molecule has 1 aliphatic carbocycles. The number of carbonyl (C=O) groups excluding carboxylic acids is 1. The van der Waals surface area contributed by atoms with Crippen LogP contribution < -0.4 is 0 Å². The van der Waals surface area contributed by atoms with Gasteiger partial charge in [-0.2, -0.15) is 0 Å². The molecule has 0 bridgehead atoms. The van der Waals surface area contributed by atoms with Gasteiger partial charge in [0.1, 0.15) is 22.2 Å². The van der Waals surface area contributed by atoms with Crippen molar-refractivity contribution >= 4 is 17.2 Å². The monoisotopic (exact) mass is 339 g/mol. The SMILES string of the molecule is Cc1ccc(CN(C(=O)c2csc(-c3ccccn3)n2)C2CC2)o1. The molecule has 1 aliphatic rings. The maximum absolute atomic E-state index is 12.9. The minimum Gasteiger partial charge on any atom is -0.464 e. The van der Waals surface area contributed by atoms with Crippen molar-refractivity contribution < 1.29 is 9.21 Å². The van der Waals surface area contributed by atoms with E-state index in [-0.39, 0.29) is 5.91 Å². The van der Waals surface area contributed by atoms with E-state index in [9.17, 15) is 4.79 Å². The summed E-state index contributed by atoms with van der Waals surface area (Å²) >= 11 is 1.45. The van der Waals surface area contributed by atoms with Gasteiger partial charge in [-0.25, -0.2) is 4.98 Å². The third kappa shape index (κ3) is 3.10. The highest BCUT2D eigenvalue weighted by atomic mass is 32.1. The zero-order valence-corrected chi connectivity index (χ0v) is 14.1. The molecule has 4 rings (SSSR count). The summed E-state index contributed by atoms with van der Waals surface area (Å²) in [5.74, 6) is 1.64. The predicted octanol–water partition coefficient (Wildman–Crippen LogP) is 3.91. The summed E-state index contributed by atoms with van der Waals surface area (Å²) in [7, 11) is 0. The maximum Gasteiger partial charge on any atom is 0.274 e. The van der Waals surface area contributed by atoms with Crippen molar-refractivity contribution in [1.82, 2.24) is 14.9 Å². The van der Waals surface area contributed by atoms with Gasteiger partial charge in [-0.15, -0.1) is 11.3 Å². The van der Waals surface area contributed by atoms with E-state index in [1.54, 1.807) is 6.20 Å². The van der Waals surface area contributed by atoms with Gasteiger partial charge in [0, 0.05) is 17.6 Å². The van der Waals surface area contributed by atoms with Crippen molar-refractivity contribution in [3.05, 3.63) is 59.1 Å². The highest BCUT2D eigenvalue weighted by molar-refractivity contribution is 7.13. The number of thiazole rings is 1. The fourth-order valence-electron chi connectivity index (χ4n) is 2.62. The van der Waals surface area contributed by atoms with Gasteiger partial charge in [0.2, 0.25) is 0 Å². The third-order valence-electron chi connectivity index (χ3n) is 3.98. The van der Waals surface area contributed by atoms with Crippen molar-refractivity contribution in [3.63, 3.8) is 0 Å². The standard InChI is InChI=1S/C18H17N3O2S/c1-12-5-8-14(23-12)10-21(13-6-7-13)18(22)16-11-24-17(20-16)15-4-2-3-9-19-15/h2-5,8-9,11,13H,6-7,10H2,1H3. The molecule has 0 aromatic carbocycles. The molecule has 3 aromatic rings. The zero-order valence-electron chi connectivity index (χ0n) is 13.3. The van der Waals surface area contributed by atoms with Crippen molar-refractivity contribution in [2.75, 3.05) is 0 Å². The van der Waals surface area contributed by atoms with E-state index < -0.39 is 0 Å². The first-order valence-electron chi connectivity index (χ1n) is 7.94. The summed E-state index contributed by atoms with van der Waals surface area (Å²) in [5.41, 5.74) is 1.28. The lowest BCUT2D eigenvalue weighted by Crippen LogP contribution is -2.32. The third-order valence-corrected chi connectivity index (χ3v) is 4.84. The molecule has 6 heteroatoms. The summed E-state index contributed by atoms with van der Waals surface area (Å²) in [5, 5.41) is 2.58. The quantitative estimate of drug-likeness (QED) is 0.707. The Labute approximate surface area is 144 Å². The van der Waals surface area contributed by atoms with Crippen LogP contribution >= 0.6 is 11.3 Å². The van der Waals surface area contributed by atoms with E-state index in [4.69, 9.17) is 4.42 Å². The number of nitrogens with zero attached hydrogens (tertiary/aromatic N) is 3. The molecule has 0 aliphatic heterocycles. The summed E-state index contributed by atoms with van der Waals surface area (Å²) in [6.45, 7) is 2.40. The molecule has 0 spiro atoms. The molecule has 24 heavy (non-hydrogen) atoms. The van der Waals surface area contributed by atoms with Crippen LogP contribution in [0.1, 0.15) is 34.9 Å². The number of furan rings is 1. The summed E-state index contributed by atoms with van der Waals surface area (Å²) < 4.78 is 5.63. The van der Waals surface area contributed by atoms with Crippen molar-refractivity contribution in [2.45, 2.75) is 32.4 Å². The fourth-order valence-corrected chi connectivity index (χ4v) is 3.39. The van der Waals surface area contributed by atoms with Crippen molar-refractivity contribution in [2.24, 2.45) is 0 Å². The highest BCUT2D eigenvalue weighted by Gasteiger charge is 2.34. The zero-order chi connectivity index (χ0) is 16.5. The molecule has 3 aromatic heterocycles. The predicted molar refractivity (Wildman–Crippen MR) is 91.7 cm³/mol. The van der Waals surface area contributed by atoms with Crippen LogP contribution in [0.25, 0.3) is 10.7 Å². The van der Waals surface area contributed by atoms with E-state index in [0.717, 1.165) is 35.1 Å². The molecule has 1 fully saturated rings. The second-order valence-electron chi connectivity index (χ2n) is 5.93. The lowest BCUT2D eigenvalue weighted by Gasteiger charge is -2.20. The van der Waals surface area contributed by atoms with Gasteiger partial charge in [-0.1, -0.05) is 6.07 Å². The number of amides is 1. The Kier molecular flexibility index (Phi) is 3.90. The second kappa shape index (κ2) is 6.20. The average Bonchev–Trinajstić information content (AvgIpc) is 3.17. The van der Waals surface area contributed by atoms with Crippen LogP contribution in [0, 0.1) is 6.92 Å². The Hall–Kier alpha value is -2.47. The molecular weight excluding hydrogens is 322 g/mol. The largest absolute Gasteiger partial charge is 0.464 e. The molecule has 0 radical (unpaired) electrons. The molecular formula is C18H17N3O2S. The first-order chi connectivity index (χ1) is 11.7. The van der Waals surface area contributed by atoms with Gasteiger partial charge in [0.05, 0.1) is 12.2 Å². The van der Waals surface area contributed by atoms with Gasteiger partial charge < -0.3 is 9.32 Å². The number of aryl methyl sites for hydroxylation is 1. The molecule has 122 valence electrons. The van der Waals surface area contributed by atoms with Crippen LogP contribution in [0.3, 0.4) is 0 Å². The van der Waals surface area contributed by atoms with Crippen LogP contribution in [0.5, 0.6) is 0 Å². The van der Waals surface area contributed by atoms with E-state index >= 15 is 0 Å². The number of rotatable bonds is 5. The molecule has 3 heterocycles. The molecule has 5 nitrogen and oxygen atoms in total. The lowest BCUT2D eigenvalue weighted by molar-refractivity contribution is 0.0712. The molecule has 0 unspecified atom stereocenters. The van der Waals surface area contributed by atoms with Gasteiger partial charge in [-0.05, 0) is 44.0 Å². The van der Waals surface area contributed by atoms with Crippen molar-refractivity contribution in [1.29, 1.82) is 0 Å². The minimum absolute atomic E-state index is 0.0371. The normalized spacial score (nSPS) is 13.9. The number of hydrogen-bond donors (Lipinski definition) is 0. The van der Waals surface area contributed by atoms with Gasteiger partial charge >= 0.3 is 0 Å². The average molecular weight is 339 g/mol. The summed E-state index contributed by atoms with van der Waals surface area (Å²) in [6.07, 6.45) is 3.82. The first kappa shape index (κ1) is 15.1. The van der Waals surface area contributed by atoms with E-state index in [2.05, 4.69) is 9.97 Å². The Morgan fingerprint density at radius 3 is 2.88 bits per heavy atom. The summed E-state index contributed by atoms with van der Waals surface area (Å²) in [4.78, 5) is 23.5. The Morgan fingerprint density at radius 2 is 2.21 bits per heavy atom. The van der Waals surface area contributed by atoms with Crippen molar-refractivity contribution in [3.8, 4) is 10.7 Å². The first-order valence-corrected chi connectivity index (χ1v) is 8.82. The number of hydrogen-bond acceptors (Lipinski definition) is 5. The highest BCUT2D eigenvalue weighted by Crippen LogP contribution is 2.31. The lowest BCUT2D eigenvalue weighted by atomic mass is 10.3. The fraction of sp³-hybridized carbons (Fsp3) is 0.278. The minimum atomic E-state index is -0.0371. The van der Waals surface area contributed by atoms with Crippen LogP contribution in [0.15, 0.2) is 46.3 Å². The Bertz CT molecular complexity index is 852. The number of carbonyl (C=O) groups is 1. The topological polar surface area (TPSA) is 59.2 Å². The molecule has 1 amide bonds. The van der Waals surface area contributed by atoms with Crippen LogP contribution in [0.2, 0.25) is 0 Å². The molecule has 0 N–H and O–H groups in total. The number of aromatic nitrogens is 2. The van der Waals surface area contributed by atoms with Crippen LogP contribution in [-0.4, -0.2) is 26.8 Å². The van der Waals surface area contributed by atoms with E-state index in [1.165, 1.54) is 11.3 Å². The molecule has 1 saturated carbocycles. The van der Waals surface area contributed by atoms with Gasteiger partial charge in [-0.3, -0.25) is 9.78 Å². The maximum atomic E-state index is 12.9. The Balaban J connectivity index is 1.56. The van der Waals surface area contributed by atoms with E-state index in [1.807, 2.05) is 47.5 Å². The second-order valence-corrected chi connectivity index (χ2v) is 6.79. The van der Waals surface area contributed by atoms with Crippen LogP contribution in [-0.2, 0) is 6.54 Å². The van der Waals surface area contributed by atoms with E-state index in [0.29, 0.717) is 18.3 Å². The smallest absolute Gasteiger partial charge is 0.274 e. The van der Waals surface area contributed by atoms with Gasteiger partial charge in [0.25, 0.3) is 5.91 Å². The van der Waals surface area contributed by atoms with Gasteiger partial charge in [0.15, 0.2) is 0 Å². The molecule has 0 atom stereocenters. The summed E-state index contributed by atoms with van der Waals surface area (Å²) in [6, 6.07) is 9.83. The number of pyridine rings is 1. The molecule has 0 saturated heterocycles. The van der Waals surface area contributed by atoms with Crippen LogP contribution in [0.4, 0.5) is 0 Å².